The molecule has 0 saturated carbocycles. The average Bonchev–Trinajstić information content (AvgIpc) is 2.48. The van der Waals surface area contributed by atoms with Crippen LogP contribution in [0.25, 0.3) is 0 Å². The molecular formula is C18H36O3. The van der Waals surface area contributed by atoms with Crippen molar-refractivity contribution in [1.29, 1.82) is 0 Å². The number of rotatable bonds is 15. The zero-order valence-electron chi connectivity index (χ0n) is 14.5. The summed E-state index contributed by atoms with van der Waals surface area (Å²) in [5.74, 6) is -0.249. The molecule has 126 valence electrons. The second-order valence-electron chi connectivity index (χ2n) is 5.80. The van der Waals surface area contributed by atoms with Crippen LogP contribution in [-0.4, -0.2) is 25.3 Å². The van der Waals surface area contributed by atoms with Crippen molar-refractivity contribution in [3.05, 3.63) is 0 Å². The van der Waals surface area contributed by atoms with E-state index in [2.05, 4.69) is 6.92 Å². The van der Waals surface area contributed by atoms with Crippen LogP contribution < -0.4 is 0 Å². The van der Waals surface area contributed by atoms with Gasteiger partial charge in [-0.3, -0.25) is 0 Å². The lowest BCUT2D eigenvalue weighted by atomic mass is 10.1. The standard InChI is InChI=1S/C18H36O3/c1-4-6-7-8-9-10-11-12-13-14-15-16-21-17(3)18(19)20-5-2/h17H,4-16H2,1-3H3. The minimum Gasteiger partial charge on any atom is -0.464 e. The van der Waals surface area contributed by atoms with Gasteiger partial charge in [-0.05, 0) is 20.3 Å². The Balaban J connectivity index is 3.17. The van der Waals surface area contributed by atoms with E-state index in [0.29, 0.717) is 13.2 Å². The van der Waals surface area contributed by atoms with Gasteiger partial charge in [-0.25, -0.2) is 4.79 Å². The third kappa shape index (κ3) is 14.1. The number of ether oxygens (including phenoxy) is 2. The molecule has 0 aromatic heterocycles. The van der Waals surface area contributed by atoms with Crippen LogP contribution in [0.4, 0.5) is 0 Å². The maximum absolute atomic E-state index is 11.3. The summed E-state index contributed by atoms with van der Waals surface area (Å²) >= 11 is 0. The van der Waals surface area contributed by atoms with Gasteiger partial charge in [-0.1, -0.05) is 71.1 Å². The fourth-order valence-corrected chi connectivity index (χ4v) is 2.35. The van der Waals surface area contributed by atoms with E-state index in [-0.39, 0.29) is 5.97 Å². The minimum absolute atomic E-state index is 0.249. The molecule has 0 saturated heterocycles. The van der Waals surface area contributed by atoms with Gasteiger partial charge >= 0.3 is 5.97 Å². The number of esters is 1. The Bertz CT molecular complexity index is 229. The van der Waals surface area contributed by atoms with Crippen molar-refractivity contribution in [1.82, 2.24) is 0 Å². The molecule has 1 atom stereocenters. The Morgan fingerprint density at radius 3 is 1.76 bits per heavy atom. The molecule has 0 heterocycles. The highest BCUT2D eigenvalue weighted by Crippen LogP contribution is 2.11. The molecule has 0 amide bonds. The molecule has 0 fully saturated rings. The third-order valence-corrected chi connectivity index (χ3v) is 3.73. The second kappa shape index (κ2) is 15.8. The van der Waals surface area contributed by atoms with E-state index in [9.17, 15) is 4.79 Å². The van der Waals surface area contributed by atoms with E-state index in [1.165, 1.54) is 64.2 Å². The van der Waals surface area contributed by atoms with Gasteiger partial charge in [0, 0.05) is 6.61 Å². The van der Waals surface area contributed by atoms with Crippen LogP contribution in [0.2, 0.25) is 0 Å². The summed E-state index contributed by atoms with van der Waals surface area (Å²) in [5.41, 5.74) is 0. The molecule has 0 spiro atoms. The highest BCUT2D eigenvalue weighted by Gasteiger charge is 2.13. The first-order valence-corrected chi connectivity index (χ1v) is 9.00. The van der Waals surface area contributed by atoms with Crippen LogP contribution in [-0.2, 0) is 14.3 Å². The zero-order valence-corrected chi connectivity index (χ0v) is 14.5. The summed E-state index contributed by atoms with van der Waals surface area (Å²) in [6.07, 6.45) is 14.1. The van der Waals surface area contributed by atoms with E-state index in [0.717, 1.165) is 6.42 Å². The molecule has 0 aliphatic carbocycles. The minimum atomic E-state index is -0.423. The molecule has 0 aliphatic heterocycles. The maximum Gasteiger partial charge on any atom is 0.334 e. The van der Waals surface area contributed by atoms with Crippen LogP contribution in [0.15, 0.2) is 0 Å². The zero-order chi connectivity index (χ0) is 15.8. The van der Waals surface area contributed by atoms with Crippen molar-refractivity contribution in [2.75, 3.05) is 13.2 Å². The first-order chi connectivity index (χ1) is 10.2. The SMILES string of the molecule is CCCCCCCCCCCCCOC(C)C(=O)OCC. The second-order valence-corrected chi connectivity index (χ2v) is 5.80. The van der Waals surface area contributed by atoms with Crippen LogP contribution in [0, 0.1) is 0 Å². The molecule has 3 nitrogen and oxygen atoms in total. The van der Waals surface area contributed by atoms with Gasteiger partial charge < -0.3 is 9.47 Å². The highest BCUT2D eigenvalue weighted by atomic mass is 16.6. The quantitative estimate of drug-likeness (QED) is 0.305. The van der Waals surface area contributed by atoms with Crippen molar-refractivity contribution in [3.8, 4) is 0 Å². The number of hydrogen-bond acceptors (Lipinski definition) is 3. The normalized spacial score (nSPS) is 12.3. The van der Waals surface area contributed by atoms with Crippen molar-refractivity contribution in [2.45, 2.75) is 97.5 Å². The van der Waals surface area contributed by atoms with Gasteiger partial charge in [-0.2, -0.15) is 0 Å². The number of hydrogen-bond donors (Lipinski definition) is 0. The predicted octanol–water partition coefficient (Wildman–Crippen LogP) is 5.27. The summed E-state index contributed by atoms with van der Waals surface area (Å²) in [4.78, 5) is 11.3. The Hall–Kier alpha value is -0.570. The van der Waals surface area contributed by atoms with E-state index >= 15 is 0 Å². The summed E-state index contributed by atoms with van der Waals surface area (Å²) in [5, 5.41) is 0. The van der Waals surface area contributed by atoms with E-state index in [1.54, 1.807) is 6.92 Å². The fraction of sp³-hybridized carbons (Fsp3) is 0.944. The molecule has 0 aromatic rings. The van der Waals surface area contributed by atoms with Crippen molar-refractivity contribution in [3.63, 3.8) is 0 Å². The number of carbonyl (C=O) groups is 1. The summed E-state index contributed by atoms with van der Waals surface area (Å²) < 4.78 is 10.4. The molecule has 0 radical (unpaired) electrons. The number of unbranched alkanes of at least 4 members (excludes halogenated alkanes) is 10. The molecular weight excluding hydrogens is 264 g/mol. The van der Waals surface area contributed by atoms with Gasteiger partial charge in [-0.15, -0.1) is 0 Å². The molecule has 21 heavy (non-hydrogen) atoms. The van der Waals surface area contributed by atoms with E-state index in [1.807, 2.05) is 6.92 Å². The van der Waals surface area contributed by atoms with Gasteiger partial charge in [0.2, 0.25) is 0 Å². The number of carbonyl (C=O) groups excluding carboxylic acids is 1. The van der Waals surface area contributed by atoms with Gasteiger partial charge in [0.25, 0.3) is 0 Å². The molecule has 0 bridgehead atoms. The Morgan fingerprint density at radius 2 is 1.29 bits per heavy atom. The smallest absolute Gasteiger partial charge is 0.334 e. The average molecular weight is 300 g/mol. The lowest BCUT2D eigenvalue weighted by Gasteiger charge is -2.11. The summed E-state index contributed by atoms with van der Waals surface area (Å²) in [7, 11) is 0. The summed E-state index contributed by atoms with van der Waals surface area (Å²) in [6, 6.07) is 0. The molecule has 3 heteroatoms. The van der Waals surface area contributed by atoms with Gasteiger partial charge in [0.15, 0.2) is 6.10 Å². The Labute approximate surface area is 131 Å². The van der Waals surface area contributed by atoms with Crippen molar-refractivity contribution in [2.24, 2.45) is 0 Å². The first kappa shape index (κ1) is 20.4. The van der Waals surface area contributed by atoms with Crippen molar-refractivity contribution >= 4 is 5.97 Å². The maximum atomic E-state index is 11.3. The van der Waals surface area contributed by atoms with Crippen LogP contribution in [0.5, 0.6) is 0 Å². The van der Waals surface area contributed by atoms with E-state index < -0.39 is 6.10 Å². The lowest BCUT2D eigenvalue weighted by Crippen LogP contribution is -2.23. The molecule has 0 rings (SSSR count). The van der Waals surface area contributed by atoms with Crippen molar-refractivity contribution < 1.29 is 14.3 Å². The largest absolute Gasteiger partial charge is 0.464 e. The van der Waals surface area contributed by atoms with Crippen LogP contribution in [0.3, 0.4) is 0 Å². The Morgan fingerprint density at radius 1 is 0.810 bits per heavy atom. The van der Waals surface area contributed by atoms with Crippen LogP contribution in [0.1, 0.15) is 91.4 Å². The first-order valence-electron chi connectivity index (χ1n) is 9.00. The fourth-order valence-electron chi connectivity index (χ4n) is 2.35. The molecule has 0 aromatic carbocycles. The Kier molecular flexibility index (Phi) is 15.4. The molecule has 1 unspecified atom stereocenters. The summed E-state index contributed by atoms with van der Waals surface area (Å²) in [6.45, 7) is 6.92. The lowest BCUT2D eigenvalue weighted by molar-refractivity contribution is -0.155. The molecule has 0 aliphatic rings. The topological polar surface area (TPSA) is 35.5 Å². The van der Waals surface area contributed by atoms with Gasteiger partial charge in [0.1, 0.15) is 0 Å². The highest BCUT2D eigenvalue weighted by molar-refractivity contribution is 5.74. The van der Waals surface area contributed by atoms with Gasteiger partial charge in [0.05, 0.1) is 6.61 Å². The predicted molar refractivity (Wildman–Crippen MR) is 88.5 cm³/mol. The van der Waals surface area contributed by atoms with E-state index in [4.69, 9.17) is 9.47 Å². The monoisotopic (exact) mass is 300 g/mol. The molecule has 0 N–H and O–H groups in total. The van der Waals surface area contributed by atoms with Crippen LogP contribution >= 0.6 is 0 Å². The third-order valence-electron chi connectivity index (χ3n) is 3.73.